The monoisotopic (exact) mass is 284 g/mol. The molecule has 0 radical (unpaired) electrons. The van der Waals surface area contributed by atoms with E-state index in [2.05, 4.69) is 30.0 Å². The zero-order valence-electron chi connectivity index (χ0n) is 12.4. The van der Waals surface area contributed by atoms with Crippen LogP contribution in [0.3, 0.4) is 0 Å². The molecule has 0 spiro atoms. The first-order chi connectivity index (χ1) is 10.1. The van der Waals surface area contributed by atoms with Gasteiger partial charge >= 0.3 is 0 Å². The summed E-state index contributed by atoms with van der Waals surface area (Å²) in [6.45, 7) is 2.07. The van der Waals surface area contributed by atoms with Gasteiger partial charge in [0.05, 0.1) is 5.56 Å². The molecule has 1 fully saturated rings. The van der Waals surface area contributed by atoms with E-state index in [0.717, 1.165) is 30.1 Å². The van der Waals surface area contributed by atoms with Crippen LogP contribution in [0.25, 0.3) is 10.8 Å². The summed E-state index contributed by atoms with van der Waals surface area (Å²) in [7, 11) is 4.24. The van der Waals surface area contributed by atoms with Crippen LogP contribution in [0.2, 0.25) is 0 Å². The topological polar surface area (TPSA) is 43.8 Å². The van der Waals surface area contributed by atoms with Crippen molar-refractivity contribution in [3.8, 4) is 5.75 Å². The number of carbonyl (C=O) groups is 1. The van der Waals surface area contributed by atoms with E-state index >= 15 is 0 Å². The lowest BCUT2D eigenvalue weighted by Crippen LogP contribution is -2.31. The summed E-state index contributed by atoms with van der Waals surface area (Å²) in [6.07, 6.45) is 1.88. The van der Waals surface area contributed by atoms with Gasteiger partial charge in [-0.1, -0.05) is 12.1 Å². The number of nitrogens with zero attached hydrogens (tertiary/aromatic N) is 2. The fraction of sp³-hybridized carbons (Fsp3) is 0.353. The number of rotatable bonds is 3. The molecule has 1 N–H and O–H groups in total. The number of benzene rings is 2. The summed E-state index contributed by atoms with van der Waals surface area (Å²) in [5.74, 6) is 0.0408. The standard InChI is InChI=1S/C17H20N2O2/c1-18(2)14-7-8-19(10-14)13-4-5-15-12(9-13)3-6-17(21)16(15)11-20/h3-6,9,11,14,21H,7-8,10H2,1-2H3. The second kappa shape index (κ2) is 5.37. The van der Waals surface area contributed by atoms with Crippen LogP contribution in [0.4, 0.5) is 5.69 Å². The molecule has 1 saturated heterocycles. The number of hydrogen-bond acceptors (Lipinski definition) is 4. The van der Waals surface area contributed by atoms with Gasteiger partial charge in [-0.2, -0.15) is 0 Å². The third-order valence-electron chi connectivity index (χ3n) is 4.40. The van der Waals surface area contributed by atoms with Crippen LogP contribution in [0.5, 0.6) is 5.75 Å². The normalized spacial score (nSPS) is 18.6. The molecule has 1 aliphatic rings. The van der Waals surface area contributed by atoms with Crippen LogP contribution < -0.4 is 4.90 Å². The van der Waals surface area contributed by atoms with Crippen molar-refractivity contribution in [2.75, 3.05) is 32.1 Å². The summed E-state index contributed by atoms with van der Waals surface area (Å²) < 4.78 is 0. The van der Waals surface area contributed by atoms with Gasteiger partial charge in [-0.3, -0.25) is 4.79 Å². The first-order valence-electron chi connectivity index (χ1n) is 7.22. The number of phenolic OH excluding ortho intramolecular Hbond substituents is 1. The molecule has 1 heterocycles. The Morgan fingerprint density at radius 3 is 2.76 bits per heavy atom. The van der Waals surface area contributed by atoms with Crippen molar-refractivity contribution in [2.24, 2.45) is 0 Å². The van der Waals surface area contributed by atoms with Gasteiger partial charge in [-0.25, -0.2) is 0 Å². The number of carbonyl (C=O) groups excluding carboxylic acids is 1. The molecule has 0 aliphatic carbocycles. The Labute approximate surface area is 124 Å². The van der Waals surface area contributed by atoms with E-state index in [1.807, 2.05) is 18.2 Å². The van der Waals surface area contributed by atoms with Crippen LogP contribution in [0.1, 0.15) is 16.8 Å². The first kappa shape index (κ1) is 13.9. The minimum Gasteiger partial charge on any atom is -0.507 e. The maximum Gasteiger partial charge on any atom is 0.154 e. The molecule has 4 nitrogen and oxygen atoms in total. The second-order valence-electron chi connectivity index (χ2n) is 5.87. The maximum absolute atomic E-state index is 11.1. The summed E-state index contributed by atoms with van der Waals surface area (Å²) in [4.78, 5) is 15.8. The molecular formula is C17H20N2O2. The Hall–Kier alpha value is -2.07. The molecule has 2 aromatic rings. The highest BCUT2D eigenvalue weighted by molar-refractivity contribution is 6.01. The number of aromatic hydroxyl groups is 1. The number of hydrogen-bond donors (Lipinski definition) is 1. The largest absolute Gasteiger partial charge is 0.507 e. The summed E-state index contributed by atoms with van der Waals surface area (Å²) in [5, 5.41) is 11.5. The van der Waals surface area contributed by atoms with Crippen molar-refractivity contribution in [3.05, 3.63) is 35.9 Å². The lowest BCUT2D eigenvalue weighted by atomic mass is 10.0. The van der Waals surface area contributed by atoms with Crippen LogP contribution >= 0.6 is 0 Å². The molecule has 110 valence electrons. The predicted molar refractivity (Wildman–Crippen MR) is 85.3 cm³/mol. The minimum absolute atomic E-state index is 0.0408. The fourth-order valence-corrected chi connectivity index (χ4v) is 3.05. The van der Waals surface area contributed by atoms with Gasteiger partial charge in [0, 0.05) is 24.8 Å². The van der Waals surface area contributed by atoms with E-state index in [1.54, 1.807) is 6.07 Å². The van der Waals surface area contributed by atoms with Gasteiger partial charge in [0.2, 0.25) is 0 Å². The average Bonchev–Trinajstić information content (AvgIpc) is 2.97. The Kier molecular flexibility index (Phi) is 3.55. The van der Waals surface area contributed by atoms with E-state index < -0.39 is 0 Å². The quantitative estimate of drug-likeness (QED) is 0.880. The first-order valence-corrected chi connectivity index (χ1v) is 7.22. The second-order valence-corrected chi connectivity index (χ2v) is 5.87. The van der Waals surface area contributed by atoms with E-state index in [1.165, 1.54) is 12.1 Å². The van der Waals surface area contributed by atoms with Crippen molar-refractivity contribution in [1.82, 2.24) is 4.90 Å². The number of aldehydes is 1. The number of likely N-dealkylation sites (N-methyl/N-ethyl adjacent to an activating group) is 1. The number of fused-ring (bicyclic) bond motifs is 1. The van der Waals surface area contributed by atoms with Gasteiger partial charge in [-0.15, -0.1) is 0 Å². The van der Waals surface area contributed by atoms with E-state index in [-0.39, 0.29) is 5.75 Å². The van der Waals surface area contributed by atoms with Gasteiger partial charge < -0.3 is 14.9 Å². The highest BCUT2D eigenvalue weighted by Gasteiger charge is 2.24. The van der Waals surface area contributed by atoms with Crippen molar-refractivity contribution in [3.63, 3.8) is 0 Å². The SMILES string of the molecule is CN(C)C1CCN(c2ccc3c(C=O)c(O)ccc3c2)C1. The lowest BCUT2D eigenvalue weighted by molar-refractivity contribution is 0.112. The summed E-state index contributed by atoms with van der Waals surface area (Å²) in [5.41, 5.74) is 1.54. The highest BCUT2D eigenvalue weighted by atomic mass is 16.3. The third-order valence-corrected chi connectivity index (χ3v) is 4.40. The molecule has 3 rings (SSSR count). The molecule has 0 aromatic heterocycles. The summed E-state index contributed by atoms with van der Waals surface area (Å²) in [6, 6.07) is 10.1. The van der Waals surface area contributed by atoms with Crippen molar-refractivity contribution < 1.29 is 9.90 Å². The van der Waals surface area contributed by atoms with E-state index in [4.69, 9.17) is 0 Å². The molecule has 0 bridgehead atoms. The van der Waals surface area contributed by atoms with Crippen LogP contribution in [0.15, 0.2) is 30.3 Å². The molecule has 2 aromatic carbocycles. The van der Waals surface area contributed by atoms with Crippen LogP contribution in [-0.4, -0.2) is 49.5 Å². The van der Waals surface area contributed by atoms with Crippen molar-refractivity contribution >= 4 is 22.7 Å². The smallest absolute Gasteiger partial charge is 0.154 e. The third kappa shape index (κ3) is 2.47. The summed E-state index contributed by atoms with van der Waals surface area (Å²) >= 11 is 0. The Bertz CT molecular complexity index is 682. The maximum atomic E-state index is 11.1. The van der Waals surface area contributed by atoms with Crippen molar-refractivity contribution in [2.45, 2.75) is 12.5 Å². The Morgan fingerprint density at radius 2 is 2.10 bits per heavy atom. The zero-order valence-corrected chi connectivity index (χ0v) is 12.4. The lowest BCUT2D eigenvalue weighted by Gasteiger charge is -2.22. The molecule has 1 atom stereocenters. The van der Waals surface area contributed by atoms with E-state index in [0.29, 0.717) is 11.6 Å². The molecule has 1 aliphatic heterocycles. The van der Waals surface area contributed by atoms with Gasteiger partial charge in [-0.05, 0) is 49.5 Å². The zero-order chi connectivity index (χ0) is 15.0. The van der Waals surface area contributed by atoms with Gasteiger partial charge in [0.25, 0.3) is 0 Å². The van der Waals surface area contributed by atoms with Crippen LogP contribution in [-0.2, 0) is 0 Å². The fourth-order valence-electron chi connectivity index (χ4n) is 3.05. The highest BCUT2D eigenvalue weighted by Crippen LogP contribution is 2.30. The molecule has 1 unspecified atom stereocenters. The average molecular weight is 284 g/mol. The predicted octanol–water partition coefficient (Wildman–Crippen LogP) is 2.50. The van der Waals surface area contributed by atoms with Crippen LogP contribution in [0, 0.1) is 0 Å². The van der Waals surface area contributed by atoms with Gasteiger partial charge in [0.1, 0.15) is 5.75 Å². The molecule has 0 amide bonds. The van der Waals surface area contributed by atoms with E-state index in [9.17, 15) is 9.90 Å². The van der Waals surface area contributed by atoms with Crippen molar-refractivity contribution in [1.29, 1.82) is 0 Å². The molecule has 21 heavy (non-hydrogen) atoms. The number of phenols is 1. The number of anilines is 1. The Morgan fingerprint density at radius 1 is 1.29 bits per heavy atom. The van der Waals surface area contributed by atoms with Gasteiger partial charge in [0.15, 0.2) is 6.29 Å². The minimum atomic E-state index is 0.0408. The molecule has 4 heteroatoms. The molecule has 0 saturated carbocycles. The molecular weight excluding hydrogens is 264 g/mol. The Balaban J connectivity index is 1.96.